The summed E-state index contributed by atoms with van der Waals surface area (Å²) in [5.41, 5.74) is 1.46. The number of fused-ring (bicyclic) bond motifs is 1. The summed E-state index contributed by atoms with van der Waals surface area (Å²) in [6.07, 6.45) is -3.35. The second kappa shape index (κ2) is 8.89. The standard InChI is InChI=1S/C25H21FN4O6S/c26-14-4-1-12-2-6-22(34)30-9-16(23(14)24(12)30)28-20(32)8-17(31)18-10-29(25(35)36-18)13-3-5-19-15(7-13)27-21(33)11-37-19/h1-7,16-18,31H,8-11H2,(H,27,33)(H,28,32)/t16-,17?,18?/m1/s1. The van der Waals surface area contributed by atoms with Crippen LogP contribution in [0.2, 0.25) is 0 Å². The van der Waals surface area contributed by atoms with E-state index in [1.54, 1.807) is 30.3 Å². The molecule has 2 aromatic carbocycles. The van der Waals surface area contributed by atoms with Gasteiger partial charge >= 0.3 is 6.09 Å². The van der Waals surface area contributed by atoms with Gasteiger partial charge in [0, 0.05) is 22.2 Å². The van der Waals surface area contributed by atoms with Crippen LogP contribution in [0.3, 0.4) is 0 Å². The van der Waals surface area contributed by atoms with Gasteiger partial charge in [-0.1, -0.05) is 0 Å². The number of rotatable bonds is 5. The summed E-state index contributed by atoms with van der Waals surface area (Å²) < 4.78 is 21.4. The van der Waals surface area contributed by atoms with Gasteiger partial charge in [0.25, 0.3) is 5.56 Å². The van der Waals surface area contributed by atoms with Crippen molar-refractivity contribution >= 4 is 51.9 Å². The maximum atomic E-state index is 14.7. The fourth-order valence-electron chi connectivity index (χ4n) is 5.01. The number of thioether (sulfide) groups is 1. The topological polar surface area (TPSA) is 130 Å². The SMILES string of the molecule is O=C1CSc2ccc(N3CC(C(O)CC(=O)N[C@@H]4Cn5c(=O)ccc6ccc(F)c4c65)OC3=O)cc2N1. The Morgan fingerprint density at radius 2 is 2.00 bits per heavy atom. The van der Waals surface area contributed by atoms with Crippen molar-refractivity contribution in [1.29, 1.82) is 0 Å². The second-order valence-electron chi connectivity index (χ2n) is 9.12. The highest BCUT2D eigenvalue weighted by Crippen LogP contribution is 2.36. The van der Waals surface area contributed by atoms with Gasteiger partial charge in [0.1, 0.15) is 18.0 Å². The number of nitrogens with one attached hydrogen (secondary N) is 2. The molecule has 37 heavy (non-hydrogen) atoms. The molecule has 2 unspecified atom stereocenters. The average Bonchev–Trinajstić information content (AvgIpc) is 3.45. The van der Waals surface area contributed by atoms with Crippen LogP contribution in [0, 0.1) is 5.82 Å². The predicted octanol–water partition coefficient (Wildman–Crippen LogP) is 2.13. The Morgan fingerprint density at radius 1 is 1.19 bits per heavy atom. The van der Waals surface area contributed by atoms with E-state index < -0.39 is 36.1 Å². The molecule has 10 nitrogen and oxygen atoms in total. The lowest BCUT2D eigenvalue weighted by molar-refractivity contribution is -0.125. The molecular weight excluding hydrogens is 503 g/mol. The van der Waals surface area contributed by atoms with Crippen molar-refractivity contribution in [3.05, 3.63) is 64.2 Å². The van der Waals surface area contributed by atoms with Crippen molar-refractivity contribution in [3.8, 4) is 0 Å². The first-order chi connectivity index (χ1) is 17.8. The summed E-state index contributed by atoms with van der Waals surface area (Å²) in [6.45, 7) is 0.0823. The van der Waals surface area contributed by atoms with Crippen molar-refractivity contribution in [2.45, 2.75) is 36.1 Å². The Bertz CT molecular complexity index is 1540. The maximum absolute atomic E-state index is 14.7. The van der Waals surface area contributed by atoms with Gasteiger partial charge in [0.15, 0.2) is 0 Å². The Labute approximate surface area is 213 Å². The molecule has 0 saturated carbocycles. The minimum absolute atomic E-state index is 0.00531. The van der Waals surface area contributed by atoms with E-state index in [1.807, 2.05) is 0 Å². The Hall–Kier alpha value is -3.90. The molecule has 3 amide bonds. The number of aliphatic hydroxyl groups is 1. The number of nitrogens with zero attached hydrogens (tertiary/aromatic N) is 2. The van der Waals surface area contributed by atoms with Gasteiger partial charge < -0.3 is 25.0 Å². The number of cyclic esters (lactones) is 1. The smallest absolute Gasteiger partial charge is 0.414 e. The van der Waals surface area contributed by atoms with Gasteiger partial charge in [-0.15, -0.1) is 11.8 Å². The number of pyridine rings is 1. The Balaban J connectivity index is 1.13. The van der Waals surface area contributed by atoms with Crippen molar-refractivity contribution in [2.75, 3.05) is 22.5 Å². The van der Waals surface area contributed by atoms with Gasteiger partial charge in [-0.3, -0.25) is 19.3 Å². The summed E-state index contributed by atoms with van der Waals surface area (Å²) in [5.74, 6) is -0.919. The molecule has 12 heteroatoms. The molecule has 3 N–H and O–H groups in total. The van der Waals surface area contributed by atoms with Crippen LogP contribution in [0.4, 0.5) is 20.6 Å². The van der Waals surface area contributed by atoms with Gasteiger partial charge in [0.2, 0.25) is 11.8 Å². The average molecular weight is 525 g/mol. The third-order valence-electron chi connectivity index (χ3n) is 6.75. The van der Waals surface area contributed by atoms with Crippen LogP contribution >= 0.6 is 11.8 Å². The monoisotopic (exact) mass is 524 g/mol. The summed E-state index contributed by atoms with van der Waals surface area (Å²) >= 11 is 1.40. The van der Waals surface area contributed by atoms with Crippen molar-refractivity contribution in [1.82, 2.24) is 9.88 Å². The van der Waals surface area contributed by atoms with Crippen molar-refractivity contribution < 1.29 is 28.6 Å². The molecule has 1 aromatic heterocycles. The minimum Gasteiger partial charge on any atom is -0.441 e. The van der Waals surface area contributed by atoms with E-state index in [2.05, 4.69) is 10.6 Å². The van der Waals surface area contributed by atoms with E-state index >= 15 is 0 Å². The third kappa shape index (κ3) is 4.11. The molecule has 3 aromatic rings. The van der Waals surface area contributed by atoms with E-state index in [9.17, 15) is 28.7 Å². The number of hydrogen-bond donors (Lipinski definition) is 3. The molecule has 0 radical (unpaired) electrons. The lowest BCUT2D eigenvalue weighted by Gasteiger charge is -2.20. The minimum atomic E-state index is -1.31. The first kappa shape index (κ1) is 23.5. The largest absolute Gasteiger partial charge is 0.441 e. The van der Waals surface area contributed by atoms with E-state index in [1.165, 1.54) is 33.4 Å². The normalized spacial score (nSPS) is 21.0. The number of carbonyl (C=O) groups is 3. The number of hydrogen-bond acceptors (Lipinski definition) is 7. The molecule has 3 aliphatic rings. The molecule has 0 aliphatic carbocycles. The Morgan fingerprint density at radius 3 is 2.84 bits per heavy atom. The van der Waals surface area contributed by atoms with Crippen LogP contribution in [0.1, 0.15) is 18.0 Å². The third-order valence-corrected chi connectivity index (χ3v) is 7.83. The van der Waals surface area contributed by atoms with Crippen LogP contribution in [-0.4, -0.2) is 52.1 Å². The molecule has 6 rings (SSSR count). The first-order valence-corrected chi connectivity index (χ1v) is 12.6. The molecule has 1 fully saturated rings. The molecule has 3 atom stereocenters. The highest BCUT2D eigenvalue weighted by atomic mass is 32.2. The summed E-state index contributed by atoms with van der Waals surface area (Å²) in [7, 11) is 0. The van der Waals surface area contributed by atoms with Gasteiger partial charge in [-0.05, 0) is 41.8 Å². The zero-order valence-electron chi connectivity index (χ0n) is 19.3. The summed E-state index contributed by atoms with van der Waals surface area (Å²) in [5, 5.41) is 16.8. The molecule has 4 heterocycles. The zero-order valence-corrected chi connectivity index (χ0v) is 20.1. The number of aliphatic hydroxyl groups excluding tert-OH is 1. The fourth-order valence-corrected chi connectivity index (χ4v) is 5.80. The second-order valence-corrected chi connectivity index (χ2v) is 10.1. The van der Waals surface area contributed by atoms with Gasteiger partial charge in [0.05, 0.1) is 42.5 Å². The zero-order chi connectivity index (χ0) is 25.8. The van der Waals surface area contributed by atoms with Crippen LogP contribution in [0.5, 0.6) is 0 Å². The van der Waals surface area contributed by atoms with Crippen molar-refractivity contribution in [2.24, 2.45) is 0 Å². The predicted molar refractivity (Wildman–Crippen MR) is 133 cm³/mol. The van der Waals surface area contributed by atoms with Crippen molar-refractivity contribution in [3.63, 3.8) is 0 Å². The van der Waals surface area contributed by atoms with Crippen LogP contribution in [-0.2, 0) is 20.9 Å². The molecule has 190 valence electrons. The van der Waals surface area contributed by atoms with Gasteiger partial charge in [-0.2, -0.15) is 0 Å². The quantitative estimate of drug-likeness (QED) is 0.466. The number of halogens is 1. The number of benzene rings is 2. The summed E-state index contributed by atoms with van der Waals surface area (Å²) in [4.78, 5) is 51.5. The maximum Gasteiger partial charge on any atom is 0.414 e. The number of aromatic nitrogens is 1. The molecule has 0 spiro atoms. The number of anilines is 2. The number of amides is 3. The van der Waals surface area contributed by atoms with E-state index in [4.69, 9.17) is 4.74 Å². The van der Waals surface area contributed by atoms with E-state index in [-0.39, 0.29) is 36.5 Å². The fraction of sp³-hybridized carbons (Fsp3) is 0.280. The summed E-state index contributed by atoms with van der Waals surface area (Å²) in [6, 6.07) is 10.3. The van der Waals surface area contributed by atoms with Crippen LogP contribution in [0.25, 0.3) is 10.9 Å². The van der Waals surface area contributed by atoms with Gasteiger partial charge in [-0.25, -0.2) is 9.18 Å². The first-order valence-electron chi connectivity index (χ1n) is 11.6. The lowest BCUT2D eigenvalue weighted by atomic mass is 10.0. The number of ether oxygens (including phenoxy) is 1. The molecule has 0 bridgehead atoms. The number of carbonyl (C=O) groups excluding carboxylic acids is 3. The highest BCUT2D eigenvalue weighted by molar-refractivity contribution is 8.00. The molecule has 1 saturated heterocycles. The highest BCUT2D eigenvalue weighted by Gasteiger charge is 2.38. The van der Waals surface area contributed by atoms with E-state index in [0.29, 0.717) is 28.0 Å². The van der Waals surface area contributed by atoms with Crippen LogP contribution < -0.4 is 21.1 Å². The van der Waals surface area contributed by atoms with Crippen LogP contribution in [0.15, 0.2) is 52.2 Å². The molecule has 3 aliphatic heterocycles. The van der Waals surface area contributed by atoms with E-state index in [0.717, 1.165) is 4.90 Å². The lowest BCUT2D eigenvalue weighted by Crippen LogP contribution is -2.38. The molecular formula is C25H21FN4O6S. The Kier molecular flexibility index (Phi) is 5.64.